The summed E-state index contributed by atoms with van der Waals surface area (Å²) in [5, 5.41) is 5.01. The van der Waals surface area contributed by atoms with Gasteiger partial charge >= 0.3 is 0 Å². The lowest BCUT2D eigenvalue weighted by Crippen LogP contribution is -2.32. The minimum absolute atomic E-state index is 0.700. The Morgan fingerprint density at radius 3 is 2.10 bits per heavy atom. The lowest BCUT2D eigenvalue weighted by Gasteiger charge is -2.30. The highest BCUT2D eigenvalue weighted by Crippen LogP contribution is 2.29. The zero-order valence-electron chi connectivity index (χ0n) is 14.2. The Morgan fingerprint density at radius 1 is 0.800 bits per heavy atom. The van der Waals surface area contributed by atoms with E-state index in [1.54, 1.807) is 0 Å². The third-order valence-electron chi connectivity index (χ3n) is 4.88. The third kappa shape index (κ3) is 8.29. The first-order chi connectivity index (χ1) is 9.88. The van der Waals surface area contributed by atoms with Crippen molar-refractivity contribution in [2.75, 3.05) is 6.54 Å². The van der Waals surface area contributed by atoms with Crippen LogP contribution in [-0.4, -0.2) is 12.6 Å². The fraction of sp³-hybridized carbons (Fsp3) is 1.00. The van der Waals surface area contributed by atoms with Gasteiger partial charge in [0.2, 0.25) is 0 Å². The second kappa shape index (κ2) is 12.7. The maximum atomic E-state index is 5.01. The molecule has 1 atom stereocenters. The van der Waals surface area contributed by atoms with Crippen LogP contribution in [0.25, 0.3) is 0 Å². The molecule has 0 saturated heterocycles. The molecule has 0 aromatic carbocycles. The van der Waals surface area contributed by atoms with Crippen LogP contribution in [0, 0.1) is 5.92 Å². The molecule has 0 bridgehead atoms. The van der Waals surface area contributed by atoms with Crippen LogP contribution in [0.15, 0.2) is 0 Å². The lowest BCUT2D eigenvalue weighted by molar-refractivity contribution is 0.250. The summed E-state index contributed by atoms with van der Waals surface area (Å²) < 4.78 is 0. The van der Waals surface area contributed by atoms with Crippen molar-refractivity contribution in [2.45, 2.75) is 110 Å². The molecule has 20 heavy (non-hydrogen) atoms. The Bertz CT molecular complexity index is 196. The first kappa shape index (κ1) is 18.0. The van der Waals surface area contributed by atoms with Gasteiger partial charge in [0.25, 0.3) is 0 Å². The van der Waals surface area contributed by atoms with Gasteiger partial charge in [0.15, 0.2) is 0 Å². The Kier molecular flexibility index (Phi) is 11.4. The average molecular weight is 281 g/mol. The van der Waals surface area contributed by atoms with E-state index in [1.807, 2.05) is 0 Å². The van der Waals surface area contributed by atoms with Crippen LogP contribution in [0.4, 0.5) is 0 Å². The minimum atomic E-state index is 0.700. The molecule has 0 heterocycles. The van der Waals surface area contributed by atoms with E-state index in [2.05, 4.69) is 13.8 Å². The molecule has 1 radical (unpaired) electrons. The molecular weight excluding hydrogens is 242 g/mol. The number of nitrogens with zero attached hydrogens (tertiary/aromatic N) is 1. The summed E-state index contributed by atoms with van der Waals surface area (Å²) in [6, 6.07) is 0.700. The van der Waals surface area contributed by atoms with Gasteiger partial charge in [-0.05, 0) is 31.6 Å². The summed E-state index contributed by atoms with van der Waals surface area (Å²) >= 11 is 0. The van der Waals surface area contributed by atoms with Gasteiger partial charge in [0.1, 0.15) is 0 Å². The molecule has 1 fully saturated rings. The van der Waals surface area contributed by atoms with Crippen molar-refractivity contribution in [2.24, 2.45) is 5.92 Å². The molecule has 0 aromatic rings. The maximum absolute atomic E-state index is 5.01. The highest BCUT2D eigenvalue weighted by Gasteiger charge is 2.23. The van der Waals surface area contributed by atoms with E-state index in [0.29, 0.717) is 6.04 Å². The molecule has 119 valence electrons. The number of rotatable bonds is 12. The summed E-state index contributed by atoms with van der Waals surface area (Å²) in [6.45, 7) is 5.65. The second-order valence-corrected chi connectivity index (χ2v) is 6.78. The molecule has 0 amide bonds. The van der Waals surface area contributed by atoms with Crippen molar-refractivity contribution in [3.8, 4) is 0 Å². The number of hydrogen-bond acceptors (Lipinski definition) is 0. The van der Waals surface area contributed by atoms with Crippen molar-refractivity contribution in [3.63, 3.8) is 0 Å². The highest BCUT2D eigenvalue weighted by atomic mass is 14.9. The van der Waals surface area contributed by atoms with Crippen LogP contribution in [0.2, 0.25) is 0 Å². The molecule has 0 N–H and O–H groups in total. The minimum Gasteiger partial charge on any atom is -0.238 e. The number of hydrogen-bond donors (Lipinski definition) is 0. The monoisotopic (exact) mass is 280 g/mol. The fourth-order valence-electron chi connectivity index (χ4n) is 3.60. The third-order valence-corrected chi connectivity index (χ3v) is 4.88. The second-order valence-electron chi connectivity index (χ2n) is 6.78. The van der Waals surface area contributed by atoms with Crippen LogP contribution in [0.1, 0.15) is 104 Å². The van der Waals surface area contributed by atoms with Crippen molar-refractivity contribution < 1.29 is 0 Å². The van der Waals surface area contributed by atoms with Crippen molar-refractivity contribution >= 4 is 0 Å². The molecule has 0 aromatic heterocycles. The van der Waals surface area contributed by atoms with Crippen molar-refractivity contribution in [3.05, 3.63) is 0 Å². The van der Waals surface area contributed by atoms with E-state index in [4.69, 9.17) is 5.32 Å². The molecule has 1 aliphatic carbocycles. The molecule has 1 aliphatic rings. The zero-order valence-corrected chi connectivity index (χ0v) is 14.2. The smallest absolute Gasteiger partial charge is 0.0274 e. The van der Waals surface area contributed by atoms with Crippen LogP contribution < -0.4 is 5.32 Å². The molecular formula is C19H38N. The summed E-state index contributed by atoms with van der Waals surface area (Å²) in [5.74, 6) is 0.926. The molecule has 1 rings (SSSR count). The number of unbranched alkanes of at least 4 members (excludes halogenated alkanes) is 6. The molecule has 1 nitrogen and oxygen atoms in total. The first-order valence-corrected chi connectivity index (χ1v) is 9.55. The molecule has 1 unspecified atom stereocenters. The Balaban J connectivity index is 2.12. The van der Waals surface area contributed by atoms with Crippen LogP contribution in [-0.2, 0) is 0 Å². The SMILES string of the molecule is CCCCCCCCCC([N]CCC)C1CCCCC1. The summed E-state index contributed by atoms with van der Waals surface area (Å²) in [7, 11) is 0. The standard InChI is InChI=1S/C19H38N/c1-3-5-6-7-8-9-13-16-19(20-17-4-2)18-14-11-10-12-15-18/h18-19H,3-17H2,1-2H3. The largest absolute Gasteiger partial charge is 0.238 e. The maximum Gasteiger partial charge on any atom is 0.0274 e. The highest BCUT2D eigenvalue weighted by molar-refractivity contribution is 4.79. The van der Waals surface area contributed by atoms with Gasteiger partial charge in [-0.3, -0.25) is 0 Å². The Labute approximate surface area is 128 Å². The van der Waals surface area contributed by atoms with Gasteiger partial charge in [0, 0.05) is 12.6 Å². The van der Waals surface area contributed by atoms with E-state index in [-0.39, 0.29) is 0 Å². The molecule has 0 spiro atoms. The van der Waals surface area contributed by atoms with Gasteiger partial charge in [-0.15, -0.1) is 0 Å². The van der Waals surface area contributed by atoms with Crippen molar-refractivity contribution in [1.82, 2.24) is 5.32 Å². The van der Waals surface area contributed by atoms with E-state index in [9.17, 15) is 0 Å². The Morgan fingerprint density at radius 2 is 1.45 bits per heavy atom. The van der Waals surface area contributed by atoms with Gasteiger partial charge in [0.05, 0.1) is 0 Å². The topological polar surface area (TPSA) is 14.1 Å². The van der Waals surface area contributed by atoms with Crippen LogP contribution >= 0.6 is 0 Å². The molecule has 1 heteroatoms. The summed E-state index contributed by atoms with van der Waals surface area (Å²) in [5.41, 5.74) is 0. The fourth-order valence-corrected chi connectivity index (χ4v) is 3.60. The van der Waals surface area contributed by atoms with Crippen LogP contribution in [0.3, 0.4) is 0 Å². The quantitative estimate of drug-likeness (QED) is 0.384. The molecule has 1 saturated carbocycles. The summed E-state index contributed by atoms with van der Waals surface area (Å²) in [6.07, 6.45) is 19.9. The predicted molar refractivity (Wildman–Crippen MR) is 90.3 cm³/mol. The van der Waals surface area contributed by atoms with E-state index in [1.165, 1.54) is 89.9 Å². The lowest BCUT2D eigenvalue weighted by atomic mass is 9.82. The normalized spacial score (nSPS) is 18.3. The Hall–Kier alpha value is -0.0400. The first-order valence-electron chi connectivity index (χ1n) is 9.55. The average Bonchev–Trinajstić information content (AvgIpc) is 2.50. The van der Waals surface area contributed by atoms with E-state index >= 15 is 0 Å². The van der Waals surface area contributed by atoms with Gasteiger partial charge in [-0.2, -0.15) is 0 Å². The van der Waals surface area contributed by atoms with Gasteiger partial charge in [-0.25, -0.2) is 5.32 Å². The van der Waals surface area contributed by atoms with E-state index in [0.717, 1.165) is 12.5 Å². The van der Waals surface area contributed by atoms with Crippen molar-refractivity contribution in [1.29, 1.82) is 0 Å². The predicted octanol–water partition coefficient (Wildman–Crippen LogP) is 6.09. The van der Waals surface area contributed by atoms with Crippen LogP contribution in [0.5, 0.6) is 0 Å². The zero-order chi connectivity index (χ0) is 14.5. The van der Waals surface area contributed by atoms with Gasteiger partial charge < -0.3 is 0 Å². The summed E-state index contributed by atoms with van der Waals surface area (Å²) in [4.78, 5) is 0. The van der Waals surface area contributed by atoms with E-state index < -0.39 is 0 Å². The van der Waals surface area contributed by atoms with Gasteiger partial charge in [-0.1, -0.05) is 78.1 Å². The molecule has 0 aliphatic heterocycles.